The number of anilines is 2. The van der Waals surface area contributed by atoms with E-state index in [0.29, 0.717) is 0 Å². The topological polar surface area (TPSA) is 120 Å². The molecule has 1 aromatic heterocycles. The van der Waals surface area contributed by atoms with Crippen molar-refractivity contribution in [1.82, 2.24) is 14.9 Å². The van der Waals surface area contributed by atoms with Gasteiger partial charge in [0, 0.05) is 0 Å². The van der Waals surface area contributed by atoms with Crippen LogP contribution in [0, 0.1) is 0 Å². The number of nitrogens with one attached hydrogen (secondary N) is 2. The van der Waals surface area contributed by atoms with Crippen LogP contribution in [0.3, 0.4) is 0 Å². The lowest BCUT2D eigenvalue weighted by molar-refractivity contribution is 0.414. The fourth-order valence-corrected chi connectivity index (χ4v) is 3.05. The highest BCUT2D eigenvalue weighted by Gasteiger charge is 2.10. The number of aromatic nitrogens is 3. The number of hydrogen-bond donors (Lipinski definition) is 2. The monoisotopic (exact) mass is 498 g/mol. The van der Waals surface area contributed by atoms with Gasteiger partial charge in [0.25, 0.3) is 11.9 Å². The van der Waals surface area contributed by atoms with E-state index in [1.54, 1.807) is 40.0 Å². The van der Waals surface area contributed by atoms with E-state index in [9.17, 15) is 0 Å². The molecule has 0 amide bonds. The normalized spacial score (nSPS) is 11.3. The lowest BCUT2D eigenvalue weighted by atomic mass is 10.2. The van der Waals surface area contributed by atoms with Gasteiger partial charge < -0.3 is 14.2 Å². The Labute approximate surface area is 214 Å². The first kappa shape index (κ1) is 24.9. The highest BCUT2D eigenvalue weighted by Crippen LogP contribution is 2.15. The zero-order valence-corrected chi connectivity index (χ0v) is 20.6. The molecule has 3 aromatic carbocycles. The van der Waals surface area contributed by atoms with Crippen LogP contribution in [0.15, 0.2) is 88.1 Å². The van der Waals surface area contributed by atoms with E-state index in [1.165, 1.54) is 4.68 Å². The first-order valence-electron chi connectivity index (χ1n) is 11.2. The molecule has 0 aliphatic rings. The Bertz CT molecular complexity index is 1290. The molecule has 4 rings (SSSR count). The molecule has 0 aliphatic heterocycles. The van der Waals surface area contributed by atoms with Crippen molar-refractivity contribution in [2.24, 2.45) is 15.3 Å². The third kappa shape index (κ3) is 6.92. The predicted molar refractivity (Wildman–Crippen MR) is 144 cm³/mol. The number of methoxy groups -OCH3 is 3. The Hall–Kier alpha value is -5.19. The Balaban J connectivity index is 1.52. The van der Waals surface area contributed by atoms with Crippen LogP contribution >= 0.6 is 0 Å². The molecule has 0 aliphatic carbocycles. The molecule has 0 bridgehead atoms. The molecule has 0 saturated carbocycles. The maximum absolute atomic E-state index is 5.21. The van der Waals surface area contributed by atoms with E-state index >= 15 is 0 Å². The molecule has 4 aromatic rings. The lowest BCUT2D eigenvalue weighted by Gasteiger charge is -2.04. The second kappa shape index (κ2) is 12.5. The van der Waals surface area contributed by atoms with Gasteiger partial charge in [-0.15, -0.1) is 10.2 Å². The second-order valence-electron chi connectivity index (χ2n) is 7.46. The first-order valence-corrected chi connectivity index (χ1v) is 11.2. The summed E-state index contributed by atoms with van der Waals surface area (Å²) in [5.41, 5.74) is 8.36. The third-order valence-corrected chi connectivity index (χ3v) is 5.07. The number of benzene rings is 3. The van der Waals surface area contributed by atoms with E-state index in [4.69, 9.17) is 14.2 Å². The van der Waals surface area contributed by atoms with Crippen molar-refractivity contribution in [2.45, 2.75) is 0 Å². The van der Waals surface area contributed by atoms with Gasteiger partial charge in [0.2, 0.25) is 0 Å². The summed E-state index contributed by atoms with van der Waals surface area (Å²) in [4.78, 5) is 0. The van der Waals surface area contributed by atoms with Crippen molar-refractivity contribution < 1.29 is 14.2 Å². The second-order valence-corrected chi connectivity index (χ2v) is 7.46. The minimum Gasteiger partial charge on any atom is -0.497 e. The summed E-state index contributed by atoms with van der Waals surface area (Å²) >= 11 is 0. The Kier molecular flexibility index (Phi) is 8.42. The van der Waals surface area contributed by atoms with Gasteiger partial charge in [-0.25, -0.2) is 10.9 Å². The summed E-state index contributed by atoms with van der Waals surface area (Å²) in [5.74, 6) is 2.87. The van der Waals surface area contributed by atoms with Gasteiger partial charge in [0.15, 0.2) is 0 Å². The number of rotatable bonds is 11. The minimum atomic E-state index is 0.289. The average molecular weight is 499 g/mol. The van der Waals surface area contributed by atoms with E-state index in [0.717, 1.165) is 33.9 Å². The number of hydrogen-bond acceptors (Lipinski definition) is 10. The smallest absolute Gasteiger partial charge is 0.267 e. The summed E-state index contributed by atoms with van der Waals surface area (Å²) < 4.78 is 17.0. The molecule has 0 unspecified atom stereocenters. The fourth-order valence-electron chi connectivity index (χ4n) is 3.05. The Morgan fingerprint density at radius 2 is 0.919 bits per heavy atom. The lowest BCUT2D eigenvalue weighted by Crippen LogP contribution is -2.03. The van der Waals surface area contributed by atoms with Crippen LogP contribution in [-0.2, 0) is 0 Å². The summed E-state index contributed by atoms with van der Waals surface area (Å²) in [6, 6.07) is 22.4. The van der Waals surface area contributed by atoms with Gasteiger partial charge in [-0.3, -0.25) is 0 Å². The number of hydrazone groups is 2. The quantitative estimate of drug-likeness (QED) is 0.236. The molecule has 0 atom stereocenters. The maximum atomic E-state index is 5.21. The number of ether oxygens (including phenoxy) is 3. The number of nitrogens with zero attached hydrogens (tertiary/aromatic N) is 6. The largest absolute Gasteiger partial charge is 0.497 e. The van der Waals surface area contributed by atoms with Crippen LogP contribution in [-0.4, -0.2) is 54.8 Å². The van der Waals surface area contributed by atoms with Crippen molar-refractivity contribution in [3.05, 3.63) is 89.5 Å². The molecule has 0 fully saturated rings. The summed E-state index contributed by atoms with van der Waals surface area (Å²) in [6.07, 6.45) is 4.97. The SMILES string of the molecule is COc1ccc(/C=N\Nc2nnc(N/N=C\c3ccc(OC)cc3)n2/N=C/c2ccc(OC)cc2)cc1. The van der Waals surface area contributed by atoms with Crippen molar-refractivity contribution >= 4 is 30.5 Å². The van der Waals surface area contributed by atoms with Crippen LogP contribution in [0.4, 0.5) is 11.9 Å². The van der Waals surface area contributed by atoms with Crippen LogP contribution in [0.5, 0.6) is 17.2 Å². The summed E-state index contributed by atoms with van der Waals surface area (Å²) in [5, 5.41) is 21.3. The Morgan fingerprint density at radius 1 is 0.568 bits per heavy atom. The van der Waals surface area contributed by atoms with Gasteiger partial charge in [-0.05, 0) is 89.5 Å². The third-order valence-electron chi connectivity index (χ3n) is 5.07. The minimum absolute atomic E-state index is 0.289. The van der Waals surface area contributed by atoms with E-state index in [1.807, 2.05) is 72.8 Å². The molecule has 0 spiro atoms. The molecule has 11 nitrogen and oxygen atoms in total. The molecule has 2 N–H and O–H groups in total. The molecular formula is C26H26N8O3. The molecule has 0 radical (unpaired) electrons. The molecular weight excluding hydrogens is 472 g/mol. The molecule has 0 saturated heterocycles. The van der Waals surface area contributed by atoms with E-state index in [2.05, 4.69) is 36.4 Å². The van der Waals surface area contributed by atoms with Crippen molar-refractivity contribution in [2.75, 3.05) is 32.2 Å². The summed E-state index contributed by atoms with van der Waals surface area (Å²) in [6.45, 7) is 0. The molecule has 188 valence electrons. The highest BCUT2D eigenvalue weighted by atomic mass is 16.5. The fraction of sp³-hybridized carbons (Fsp3) is 0.115. The van der Waals surface area contributed by atoms with Crippen LogP contribution in [0.2, 0.25) is 0 Å². The zero-order valence-electron chi connectivity index (χ0n) is 20.6. The predicted octanol–water partition coefficient (Wildman–Crippen LogP) is 4.08. The van der Waals surface area contributed by atoms with Crippen LogP contribution in [0.1, 0.15) is 16.7 Å². The van der Waals surface area contributed by atoms with E-state index in [-0.39, 0.29) is 11.9 Å². The van der Waals surface area contributed by atoms with Gasteiger partial charge in [0.1, 0.15) is 17.2 Å². The van der Waals surface area contributed by atoms with Gasteiger partial charge >= 0.3 is 0 Å². The van der Waals surface area contributed by atoms with E-state index < -0.39 is 0 Å². The molecule has 1 heterocycles. The summed E-state index contributed by atoms with van der Waals surface area (Å²) in [7, 11) is 4.86. The van der Waals surface area contributed by atoms with Gasteiger partial charge in [-0.1, -0.05) is 0 Å². The average Bonchev–Trinajstić information content (AvgIpc) is 3.34. The van der Waals surface area contributed by atoms with Crippen LogP contribution in [0.25, 0.3) is 0 Å². The highest BCUT2D eigenvalue weighted by molar-refractivity contribution is 5.81. The first-order chi connectivity index (χ1) is 18.2. The standard InChI is InChI=1S/C26H26N8O3/c1-35-22-10-4-19(5-11-22)16-27-30-25-32-33-26(31-28-17-20-6-12-23(36-2)13-7-20)34(25)29-18-21-8-14-24(37-3)15-9-21/h4-18H,1-3H3,(H,30,32)(H,31,33)/b27-16-,28-17-,29-18+. The Morgan fingerprint density at radius 3 is 1.27 bits per heavy atom. The van der Waals surface area contributed by atoms with Crippen molar-refractivity contribution in [3.63, 3.8) is 0 Å². The van der Waals surface area contributed by atoms with Crippen molar-refractivity contribution in [3.8, 4) is 17.2 Å². The molecule has 11 heteroatoms. The zero-order chi connectivity index (χ0) is 25.9. The van der Waals surface area contributed by atoms with Crippen LogP contribution < -0.4 is 25.1 Å². The molecule has 37 heavy (non-hydrogen) atoms. The van der Waals surface area contributed by atoms with Gasteiger partial charge in [-0.2, -0.15) is 20.0 Å². The van der Waals surface area contributed by atoms with Crippen molar-refractivity contribution in [1.29, 1.82) is 0 Å². The maximum Gasteiger partial charge on any atom is 0.267 e. The van der Waals surface area contributed by atoms with Gasteiger partial charge in [0.05, 0.1) is 40.0 Å².